The third-order valence-corrected chi connectivity index (χ3v) is 7.91. The Labute approximate surface area is 201 Å². The summed E-state index contributed by atoms with van der Waals surface area (Å²) in [7, 11) is 0. The molecule has 1 aromatic heterocycles. The number of benzene rings is 1. The van der Waals surface area contributed by atoms with Crippen LogP contribution in [0.1, 0.15) is 63.4 Å². The van der Waals surface area contributed by atoms with E-state index in [-0.39, 0.29) is 5.75 Å². The van der Waals surface area contributed by atoms with Crippen molar-refractivity contribution in [2.45, 2.75) is 70.8 Å². The summed E-state index contributed by atoms with van der Waals surface area (Å²) >= 11 is 5.75. The summed E-state index contributed by atoms with van der Waals surface area (Å²) in [6.45, 7) is -2.80. The van der Waals surface area contributed by atoms with Crippen LogP contribution >= 0.6 is 11.6 Å². The normalized spacial score (nSPS) is 26.1. The fourth-order valence-corrected chi connectivity index (χ4v) is 5.99. The summed E-state index contributed by atoms with van der Waals surface area (Å²) in [5.74, 6) is 3.56. The summed E-state index contributed by atoms with van der Waals surface area (Å²) in [6.07, 6.45) is 17.3. The maximum atomic E-state index is 12.3. The van der Waals surface area contributed by atoms with Crippen molar-refractivity contribution in [1.82, 2.24) is 4.98 Å². The van der Waals surface area contributed by atoms with Gasteiger partial charge in [0.05, 0.1) is 5.69 Å². The van der Waals surface area contributed by atoms with Crippen LogP contribution in [-0.2, 0) is 6.42 Å². The quantitative estimate of drug-likeness (QED) is 0.382. The van der Waals surface area contributed by atoms with Gasteiger partial charge in [-0.25, -0.2) is 0 Å². The van der Waals surface area contributed by atoms with Gasteiger partial charge < -0.3 is 4.74 Å². The molecule has 0 spiro atoms. The average Bonchev–Trinajstić information content (AvgIpc) is 2.84. The van der Waals surface area contributed by atoms with E-state index in [1.54, 1.807) is 29.8 Å². The topological polar surface area (TPSA) is 22.1 Å². The molecule has 2 aromatic rings. The Balaban J connectivity index is 1.20. The highest BCUT2D eigenvalue weighted by molar-refractivity contribution is 6.25. The first-order valence-electron chi connectivity index (χ1n) is 12.4. The van der Waals surface area contributed by atoms with Gasteiger partial charge in [0, 0.05) is 17.3 Å². The molecule has 2 saturated carbocycles. The highest BCUT2D eigenvalue weighted by Gasteiger charge is 2.30. The number of alkyl halides is 2. The fraction of sp³-hybridized carbons (Fsp3) is 0.536. The van der Waals surface area contributed by atoms with Crippen molar-refractivity contribution in [2.24, 2.45) is 23.7 Å². The molecule has 0 unspecified atom stereocenters. The van der Waals surface area contributed by atoms with E-state index in [9.17, 15) is 8.78 Å². The van der Waals surface area contributed by atoms with E-state index in [4.69, 9.17) is 11.6 Å². The highest BCUT2D eigenvalue weighted by Crippen LogP contribution is 2.42. The summed E-state index contributed by atoms with van der Waals surface area (Å²) in [5.41, 5.74) is 4.71. The highest BCUT2D eigenvalue weighted by atomic mass is 35.5. The molecule has 0 saturated heterocycles. The number of pyridine rings is 1. The molecule has 0 radical (unpaired) electrons. The Morgan fingerprint density at radius 1 is 0.909 bits per heavy atom. The first-order valence-corrected chi connectivity index (χ1v) is 12.8. The predicted molar refractivity (Wildman–Crippen MR) is 131 cm³/mol. The van der Waals surface area contributed by atoms with Crippen molar-refractivity contribution in [3.63, 3.8) is 0 Å². The molecule has 1 heterocycles. The molecule has 178 valence electrons. The lowest BCUT2D eigenvalue weighted by molar-refractivity contribution is -0.0498. The number of hydrogen-bond acceptors (Lipinski definition) is 2. The summed E-state index contributed by atoms with van der Waals surface area (Å²) in [6, 6.07) is 10.8. The molecular weight excluding hydrogens is 440 g/mol. The molecule has 33 heavy (non-hydrogen) atoms. The summed E-state index contributed by atoms with van der Waals surface area (Å²) in [5, 5.41) is 0. The van der Waals surface area contributed by atoms with E-state index in [0.717, 1.165) is 35.4 Å². The molecule has 4 rings (SSSR count). The third-order valence-electron chi connectivity index (χ3n) is 7.76. The Morgan fingerprint density at radius 3 is 2.15 bits per heavy atom. The van der Waals surface area contributed by atoms with Gasteiger partial charge in [-0.15, -0.1) is 0 Å². The lowest BCUT2D eigenvalue weighted by Gasteiger charge is -2.37. The predicted octanol–water partition coefficient (Wildman–Crippen LogP) is 8.65. The van der Waals surface area contributed by atoms with Gasteiger partial charge in [-0.1, -0.05) is 36.6 Å². The maximum Gasteiger partial charge on any atom is 0.387 e. The van der Waals surface area contributed by atoms with Crippen molar-refractivity contribution in [2.75, 3.05) is 0 Å². The minimum Gasteiger partial charge on any atom is -0.435 e. The number of hydrogen-bond donors (Lipinski definition) is 0. The van der Waals surface area contributed by atoms with E-state index < -0.39 is 6.61 Å². The standard InChI is InChI=1S/C28H34ClF2NO/c29-18-17-21-5-10-24(11-6-21)23-8-3-20(4-9-23)1-2-22-7-16-27(32-19-22)25-12-14-26(15-13-25)33-28(30)31/h7,12-21,23-24,28H,1-6,8-11H2/b18-17+/t20?,21-,23?,24-. The Hall–Kier alpha value is -1.94. The van der Waals surface area contributed by atoms with Gasteiger partial charge in [0.1, 0.15) is 5.75 Å². The molecular formula is C28H34ClF2NO. The smallest absolute Gasteiger partial charge is 0.387 e. The monoisotopic (exact) mass is 473 g/mol. The molecule has 0 aliphatic heterocycles. The van der Waals surface area contributed by atoms with Crippen molar-refractivity contribution in [3.8, 4) is 17.0 Å². The Morgan fingerprint density at radius 2 is 1.58 bits per heavy atom. The van der Waals surface area contributed by atoms with Gasteiger partial charge in [-0.05, 0) is 111 Å². The summed E-state index contributed by atoms with van der Waals surface area (Å²) < 4.78 is 29.0. The number of ether oxygens (including phenoxy) is 1. The Kier molecular flexibility index (Phi) is 8.77. The molecule has 5 heteroatoms. The zero-order valence-electron chi connectivity index (χ0n) is 19.1. The Bertz CT molecular complexity index is 868. The third kappa shape index (κ3) is 7.02. The SMILES string of the molecule is FC(F)Oc1ccc(-c2ccc(CCC3CCC([C@H]4CC[C@H](/C=C/Cl)CC4)CC3)cn2)cc1. The van der Waals surface area contributed by atoms with Gasteiger partial charge in [0.25, 0.3) is 0 Å². The van der Waals surface area contributed by atoms with Gasteiger partial charge in [0.2, 0.25) is 0 Å². The van der Waals surface area contributed by atoms with Crippen LogP contribution < -0.4 is 4.74 Å². The van der Waals surface area contributed by atoms with E-state index in [1.807, 2.05) is 12.3 Å². The van der Waals surface area contributed by atoms with Crippen LogP contribution in [0.4, 0.5) is 8.78 Å². The molecule has 2 fully saturated rings. The van der Waals surface area contributed by atoms with E-state index in [1.165, 1.54) is 63.4 Å². The van der Waals surface area contributed by atoms with Crippen LogP contribution in [0.3, 0.4) is 0 Å². The largest absolute Gasteiger partial charge is 0.435 e. The van der Waals surface area contributed by atoms with Gasteiger partial charge in [-0.3, -0.25) is 4.98 Å². The minimum atomic E-state index is -2.80. The maximum absolute atomic E-state index is 12.3. The molecule has 1 aromatic carbocycles. The van der Waals surface area contributed by atoms with Crippen LogP contribution in [0.2, 0.25) is 0 Å². The number of halogens is 3. The van der Waals surface area contributed by atoms with Crippen LogP contribution in [0.5, 0.6) is 5.75 Å². The second-order valence-corrected chi connectivity index (χ2v) is 10.0. The number of allylic oxidation sites excluding steroid dienone is 1. The fourth-order valence-electron chi connectivity index (χ4n) is 5.78. The zero-order valence-corrected chi connectivity index (χ0v) is 19.9. The number of aryl methyl sites for hydroxylation is 1. The van der Waals surface area contributed by atoms with Crippen molar-refractivity contribution < 1.29 is 13.5 Å². The molecule has 2 aliphatic carbocycles. The second kappa shape index (κ2) is 12.0. The number of rotatable bonds is 8. The van der Waals surface area contributed by atoms with E-state index in [0.29, 0.717) is 5.92 Å². The lowest BCUT2D eigenvalue weighted by Crippen LogP contribution is -2.25. The van der Waals surface area contributed by atoms with Crippen LogP contribution in [0, 0.1) is 23.7 Å². The van der Waals surface area contributed by atoms with E-state index in [2.05, 4.69) is 21.9 Å². The second-order valence-electron chi connectivity index (χ2n) is 9.77. The van der Waals surface area contributed by atoms with Gasteiger partial charge >= 0.3 is 6.61 Å². The summed E-state index contributed by atoms with van der Waals surface area (Å²) in [4.78, 5) is 4.59. The number of aromatic nitrogens is 1. The first kappa shape index (κ1) is 24.2. The van der Waals surface area contributed by atoms with Crippen LogP contribution in [-0.4, -0.2) is 11.6 Å². The molecule has 0 atom stereocenters. The van der Waals surface area contributed by atoms with Crippen molar-refractivity contribution in [3.05, 3.63) is 59.8 Å². The van der Waals surface area contributed by atoms with Gasteiger partial charge in [-0.2, -0.15) is 8.78 Å². The average molecular weight is 474 g/mol. The molecule has 2 aliphatic rings. The van der Waals surface area contributed by atoms with Crippen LogP contribution in [0.15, 0.2) is 54.2 Å². The van der Waals surface area contributed by atoms with E-state index >= 15 is 0 Å². The molecule has 0 amide bonds. The van der Waals surface area contributed by atoms with Crippen molar-refractivity contribution >= 4 is 11.6 Å². The zero-order chi connectivity index (χ0) is 23.0. The molecule has 0 N–H and O–H groups in total. The van der Waals surface area contributed by atoms with Crippen molar-refractivity contribution in [1.29, 1.82) is 0 Å². The lowest BCUT2D eigenvalue weighted by atomic mass is 9.68. The number of nitrogens with zero attached hydrogens (tertiary/aromatic N) is 1. The van der Waals surface area contributed by atoms with Gasteiger partial charge in [0.15, 0.2) is 0 Å². The first-order chi connectivity index (χ1) is 16.1. The van der Waals surface area contributed by atoms with Crippen LogP contribution in [0.25, 0.3) is 11.3 Å². The minimum absolute atomic E-state index is 0.163. The molecule has 2 nitrogen and oxygen atoms in total. The molecule has 0 bridgehead atoms.